The molecule has 0 aliphatic carbocycles. The van der Waals surface area contributed by atoms with Gasteiger partial charge in [0.25, 0.3) is 0 Å². The molecule has 0 aliphatic heterocycles. The van der Waals surface area contributed by atoms with Crippen LogP contribution in [0.1, 0.15) is 15.9 Å². The van der Waals surface area contributed by atoms with E-state index >= 15 is 0 Å². The molecule has 3 rings (SSSR count). The van der Waals surface area contributed by atoms with Crippen LogP contribution in [0.2, 0.25) is 10.0 Å². The summed E-state index contributed by atoms with van der Waals surface area (Å²) in [5.41, 5.74) is 1.44. The summed E-state index contributed by atoms with van der Waals surface area (Å²) in [6.45, 7) is 0.397. The first-order valence-corrected chi connectivity index (χ1v) is 9.13. The molecule has 0 spiro atoms. The highest BCUT2D eigenvalue weighted by atomic mass is 35.5. The Morgan fingerprint density at radius 1 is 1.21 bits per heavy atom. The van der Waals surface area contributed by atoms with E-state index in [1.54, 1.807) is 36.5 Å². The zero-order valence-electron chi connectivity index (χ0n) is 14.9. The number of carboxylic acids is 1. The number of rotatable bonds is 6. The minimum absolute atomic E-state index is 0.0200. The number of carboxylic acid groups (broad SMARTS) is 1. The summed E-state index contributed by atoms with van der Waals surface area (Å²) in [5.74, 6) is -1.25. The maximum absolute atomic E-state index is 12.5. The van der Waals surface area contributed by atoms with E-state index in [9.17, 15) is 14.7 Å². The number of nitrogens with one attached hydrogen (secondary N) is 1. The Bertz CT molecular complexity index is 1040. The molecule has 2 N–H and O–H groups in total. The van der Waals surface area contributed by atoms with Crippen LogP contribution < -0.4 is 5.32 Å². The molecule has 6 nitrogen and oxygen atoms in total. The number of hydrogen-bond acceptors (Lipinski definition) is 4. The molecule has 3 aromatic rings. The highest BCUT2D eigenvalue weighted by Gasteiger charge is 2.15. The van der Waals surface area contributed by atoms with E-state index < -0.39 is 5.97 Å². The van der Waals surface area contributed by atoms with Crippen molar-refractivity contribution >= 4 is 51.5 Å². The lowest BCUT2D eigenvalue weighted by Crippen LogP contribution is -2.31. The van der Waals surface area contributed by atoms with Crippen molar-refractivity contribution in [2.45, 2.75) is 6.54 Å². The fourth-order valence-corrected chi connectivity index (χ4v) is 3.46. The van der Waals surface area contributed by atoms with E-state index in [1.165, 1.54) is 12.1 Å². The molecule has 0 bridgehead atoms. The van der Waals surface area contributed by atoms with Gasteiger partial charge in [-0.1, -0.05) is 29.3 Å². The van der Waals surface area contributed by atoms with Crippen LogP contribution in [0.25, 0.3) is 10.8 Å². The lowest BCUT2D eigenvalue weighted by Gasteiger charge is -2.19. The molecule has 0 atom stereocenters. The Hall–Kier alpha value is -2.83. The lowest BCUT2D eigenvalue weighted by molar-refractivity contribution is -0.128. The van der Waals surface area contributed by atoms with Gasteiger partial charge in [0.2, 0.25) is 5.91 Å². The number of carbonyl (C=O) groups excluding carboxylic acids is 1. The van der Waals surface area contributed by atoms with Crippen molar-refractivity contribution in [2.75, 3.05) is 18.9 Å². The third kappa shape index (κ3) is 4.52. The molecule has 28 heavy (non-hydrogen) atoms. The van der Waals surface area contributed by atoms with E-state index in [-0.39, 0.29) is 18.0 Å². The first-order chi connectivity index (χ1) is 13.3. The average molecular weight is 418 g/mol. The number of likely N-dealkylation sites (N-methyl/N-ethyl adjacent to an activating group) is 1. The molecule has 8 heteroatoms. The minimum atomic E-state index is -1.08. The summed E-state index contributed by atoms with van der Waals surface area (Å²) in [6.07, 6.45) is 3.37. The summed E-state index contributed by atoms with van der Waals surface area (Å²) < 4.78 is 0. The Balaban J connectivity index is 1.83. The van der Waals surface area contributed by atoms with Crippen molar-refractivity contribution in [3.63, 3.8) is 0 Å². The highest BCUT2D eigenvalue weighted by molar-refractivity contribution is 6.39. The predicted molar refractivity (Wildman–Crippen MR) is 110 cm³/mol. The normalized spacial score (nSPS) is 10.7. The van der Waals surface area contributed by atoms with Gasteiger partial charge in [-0.2, -0.15) is 0 Å². The molecule has 1 amide bonds. The molecule has 0 saturated carbocycles. The van der Waals surface area contributed by atoms with E-state index in [1.807, 2.05) is 12.1 Å². The molecular formula is C20H17Cl2N3O3. The maximum Gasteiger partial charge on any atom is 0.335 e. The zero-order valence-corrected chi connectivity index (χ0v) is 16.5. The third-order valence-electron chi connectivity index (χ3n) is 4.21. The first kappa shape index (κ1) is 19.9. The van der Waals surface area contributed by atoms with Gasteiger partial charge in [-0.15, -0.1) is 0 Å². The Morgan fingerprint density at radius 2 is 2.00 bits per heavy atom. The molecular weight excluding hydrogens is 401 g/mol. The van der Waals surface area contributed by atoms with Gasteiger partial charge < -0.3 is 15.3 Å². The van der Waals surface area contributed by atoms with Crippen LogP contribution in [-0.4, -0.2) is 40.5 Å². The van der Waals surface area contributed by atoms with Crippen LogP contribution in [0.5, 0.6) is 0 Å². The SMILES string of the molecule is CN(Cc1cccnc1)C(=O)CNc1cc(C(=O)O)cc2cc(Cl)cc(Cl)c12. The van der Waals surface area contributed by atoms with Crippen LogP contribution in [0, 0.1) is 0 Å². The van der Waals surface area contributed by atoms with Gasteiger partial charge in [-0.3, -0.25) is 9.78 Å². The summed E-state index contributed by atoms with van der Waals surface area (Å²) >= 11 is 12.3. The Kier molecular flexibility index (Phi) is 6.02. The second kappa shape index (κ2) is 8.46. The molecule has 0 fully saturated rings. The molecule has 0 saturated heterocycles. The van der Waals surface area contributed by atoms with Crippen molar-refractivity contribution in [2.24, 2.45) is 0 Å². The molecule has 0 unspecified atom stereocenters. The number of nitrogens with zero attached hydrogens (tertiary/aromatic N) is 2. The number of aromatic nitrogens is 1. The number of fused-ring (bicyclic) bond motifs is 1. The van der Waals surface area contributed by atoms with Gasteiger partial charge in [0, 0.05) is 42.1 Å². The lowest BCUT2D eigenvalue weighted by atomic mass is 10.0. The second-order valence-corrected chi connectivity index (χ2v) is 7.12. The Morgan fingerprint density at radius 3 is 2.68 bits per heavy atom. The monoisotopic (exact) mass is 417 g/mol. The smallest absolute Gasteiger partial charge is 0.335 e. The topological polar surface area (TPSA) is 82.5 Å². The Labute approximate surface area is 171 Å². The summed E-state index contributed by atoms with van der Waals surface area (Å²) in [7, 11) is 1.69. The number of hydrogen-bond donors (Lipinski definition) is 2. The van der Waals surface area contributed by atoms with E-state index in [4.69, 9.17) is 23.2 Å². The van der Waals surface area contributed by atoms with Gasteiger partial charge in [0.15, 0.2) is 0 Å². The maximum atomic E-state index is 12.5. The number of amides is 1. The fraction of sp³-hybridized carbons (Fsp3) is 0.150. The number of halogens is 2. The van der Waals surface area contributed by atoms with Crippen molar-refractivity contribution in [3.8, 4) is 0 Å². The van der Waals surface area contributed by atoms with Crippen LogP contribution in [0.15, 0.2) is 48.8 Å². The van der Waals surface area contributed by atoms with Gasteiger partial charge in [-0.25, -0.2) is 4.79 Å². The van der Waals surface area contributed by atoms with Crippen LogP contribution in [-0.2, 0) is 11.3 Å². The van der Waals surface area contributed by atoms with Gasteiger partial charge in [0.1, 0.15) is 0 Å². The first-order valence-electron chi connectivity index (χ1n) is 8.38. The molecule has 1 aromatic heterocycles. The van der Waals surface area contributed by atoms with Crippen molar-refractivity contribution < 1.29 is 14.7 Å². The third-order valence-corrected chi connectivity index (χ3v) is 4.73. The summed E-state index contributed by atoms with van der Waals surface area (Å²) in [5, 5.41) is 14.3. The molecule has 2 aromatic carbocycles. The van der Waals surface area contributed by atoms with E-state index in [2.05, 4.69) is 10.3 Å². The molecule has 0 aliphatic rings. The largest absolute Gasteiger partial charge is 0.478 e. The minimum Gasteiger partial charge on any atom is -0.478 e. The molecule has 1 heterocycles. The van der Waals surface area contributed by atoms with Crippen LogP contribution >= 0.6 is 23.2 Å². The number of benzene rings is 2. The van der Waals surface area contributed by atoms with Crippen molar-refractivity contribution in [1.29, 1.82) is 0 Å². The number of carbonyl (C=O) groups is 2. The highest BCUT2D eigenvalue weighted by Crippen LogP contribution is 2.34. The van der Waals surface area contributed by atoms with Gasteiger partial charge in [-0.05, 0) is 41.3 Å². The van der Waals surface area contributed by atoms with E-state index in [0.29, 0.717) is 33.0 Å². The standard InChI is InChI=1S/C20H17Cl2N3O3/c1-25(11-12-3-2-4-23-9-12)18(26)10-24-17-7-14(20(27)28)5-13-6-15(21)8-16(22)19(13)17/h2-9,24H,10-11H2,1H3,(H,27,28). The van der Waals surface area contributed by atoms with Gasteiger partial charge >= 0.3 is 5.97 Å². The summed E-state index contributed by atoms with van der Waals surface area (Å²) in [6, 6.07) is 9.86. The van der Waals surface area contributed by atoms with Crippen molar-refractivity contribution in [1.82, 2.24) is 9.88 Å². The molecule has 0 radical (unpaired) electrons. The number of pyridine rings is 1. The predicted octanol–water partition coefficient (Wildman–Crippen LogP) is 4.31. The van der Waals surface area contributed by atoms with E-state index in [0.717, 1.165) is 5.56 Å². The van der Waals surface area contributed by atoms with Crippen molar-refractivity contribution in [3.05, 3.63) is 70.0 Å². The summed E-state index contributed by atoms with van der Waals surface area (Å²) in [4.78, 5) is 29.5. The van der Waals surface area contributed by atoms with Gasteiger partial charge in [0.05, 0.1) is 17.1 Å². The molecule has 144 valence electrons. The zero-order chi connectivity index (χ0) is 20.3. The average Bonchev–Trinajstić information content (AvgIpc) is 2.65. The van der Waals surface area contributed by atoms with Crippen LogP contribution in [0.4, 0.5) is 5.69 Å². The van der Waals surface area contributed by atoms with Crippen LogP contribution in [0.3, 0.4) is 0 Å². The number of anilines is 1. The number of aromatic carboxylic acids is 1. The second-order valence-electron chi connectivity index (χ2n) is 6.28. The fourth-order valence-electron chi connectivity index (χ4n) is 2.85. The quantitative estimate of drug-likeness (QED) is 0.624.